The van der Waals surface area contributed by atoms with Crippen LogP contribution in [0.2, 0.25) is 0 Å². The molecule has 0 unspecified atom stereocenters. The van der Waals surface area contributed by atoms with Crippen LogP contribution in [0.25, 0.3) is 0 Å². The number of aromatic nitrogens is 2. The van der Waals surface area contributed by atoms with E-state index in [4.69, 9.17) is 15.7 Å². The molecule has 0 saturated heterocycles. The van der Waals surface area contributed by atoms with Gasteiger partial charge in [0.1, 0.15) is 11.6 Å². The van der Waals surface area contributed by atoms with E-state index in [1.54, 1.807) is 13.0 Å². The summed E-state index contributed by atoms with van der Waals surface area (Å²) in [5.74, 6) is -1.44. The molecule has 0 saturated carbocycles. The summed E-state index contributed by atoms with van der Waals surface area (Å²) in [7, 11) is 0. The Labute approximate surface area is 109 Å². The van der Waals surface area contributed by atoms with E-state index in [2.05, 4.69) is 9.97 Å². The van der Waals surface area contributed by atoms with Crippen LogP contribution < -0.4 is 5.73 Å². The van der Waals surface area contributed by atoms with Gasteiger partial charge >= 0.3 is 5.97 Å². The van der Waals surface area contributed by atoms with Crippen LogP contribution in [-0.2, 0) is 9.53 Å². The summed E-state index contributed by atoms with van der Waals surface area (Å²) in [4.78, 5) is 30.7. The Morgan fingerprint density at radius 2 is 2.11 bits per heavy atom. The standard InChI is InChI=1S/C12H12N4O3/c1-7-4-16-10(5-15-7)12(18)19-6-11(17)9(3-13)8(2)14/h4-5H,6,14H2,1-2H3/b9-8+. The maximum absolute atomic E-state index is 11.5. The number of nitrogens with zero attached hydrogens (tertiary/aromatic N) is 3. The van der Waals surface area contributed by atoms with Crippen LogP contribution in [0.3, 0.4) is 0 Å². The van der Waals surface area contributed by atoms with Gasteiger partial charge in [-0.3, -0.25) is 9.78 Å². The summed E-state index contributed by atoms with van der Waals surface area (Å²) in [6.45, 7) is 2.58. The van der Waals surface area contributed by atoms with Crippen molar-refractivity contribution in [3.63, 3.8) is 0 Å². The maximum atomic E-state index is 11.5. The van der Waals surface area contributed by atoms with E-state index in [1.807, 2.05) is 0 Å². The summed E-state index contributed by atoms with van der Waals surface area (Å²) < 4.78 is 4.73. The normalized spacial score (nSPS) is 11.2. The largest absolute Gasteiger partial charge is 0.452 e. The number of hydrogen-bond acceptors (Lipinski definition) is 7. The van der Waals surface area contributed by atoms with Crippen LogP contribution >= 0.6 is 0 Å². The van der Waals surface area contributed by atoms with Gasteiger partial charge in [0.25, 0.3) is 0 Å². The van der Waals surface area contributed by atoms with E-state index in [1.165, 1.54) is 19.3 Å². The molecule has 0 spiro atoms. The van der Waals surface area contributed by atoms with E-state index in [0.717, 1.165) is 0 Å². The second-order valence-electron chi connectivity index (χ2n) is 3.71. The fraction of sp³-hybridized carbons (Fsp3) is 0.250. The highest BCUT2D eigenvalue weighted by Crippen LogP contribution is 2.02. The molecule has 0 bridgehead atoms. The van der Waals surface area contributed by atoms with E-state index in [9.17, 15) is 9.59 Å². The van der Waals surface area contributed by atoms with Crippen molar-refractivity contribution in [3.05, 3.63) is 35.1 Å². The van der Waals surface area contributed by atoms with Gasteiger partial charge in [0.2, 0.25) is 5.78 Å². The van der Waals surface area contributed by atoms with Crippen molar-refractivity contribution in [2.75, 3.05) is 6.61 Å². The molecule has 7 nitrogen and oxygen atoms in total. The summed E-state index contributed by atoms with van der Waals surface area (Å²) in [5.41, 5.74) is 5.86. The zero-order valence-corrected chi connectivity index (χ0v) is 10.5. The quantitative estimate of drug-likeness (QED) is 0.468. The van der Waals surface area contributed by atoms with E-state index < -0.39 is 18.4 Å². The number of aryl methyl sites for hydroxylation is 1. The minimum Gasteiger partial charge on any atom is -0.452 e. The third-order valence-electron chi connectivity index (χ3n) is 2.11. The molecular formula is C12H12N4O3. The lowest BCUT2D eigenvalue weighted by Gasteiger charge is -2.03. The fourth-order valence-electron chi connectivity index (χ4n) is 1.15. The molecule has 0 aliphatic carbocycles. The molecule has 2 N–H and O–H groups in total. The first-order valence-electron chi connectivity index (χ1n) is 5.31. The highest BCUT2D eigenvalue weighted by molar-refractivity contribution is 6.01. The maximum Gasteiger partial charge on any atom is 0.358 e. The van der Waals surface area contributed by atoms with Crippen molar-refractivity contribution < 1.29 is 14.3 Å². The zero-order valence-electron chi connectivity index (χ0n) is 10.5. The lowest BCUT2D eigenvalue weighted by molar-refractivity contribution is -0.118. The van der Waals surface area contributed by atoms with Gasteiger partial charge in [-0.15, -0.1) is 0 Å². The van der Waals surface area contributed by atoms with Gasteiger partial charge in [0, 0.05) is 11.9 Å². The summed E-state index contributed by atoms with van der Waals surface area (Å²) in [6.07, 6.45) is 2.65. The number of nitrogens with two attached hydrogens (primary N) is 1. The number of ketones is 1. The summed E-state index contributed by atoms with van der Waals surface area (Å²) in [6, 6.07) is 1.66. The first kappa shape index (κ1) is 14.3. The van der Waals surface area contributed by atoms with Crippen LogP contribution in [-0.4, -0.2) is 28.3 Å². The number of carbonyl (C=O) groups is 2. The molecule has 0 amide bonds. The molecule has 7 heteroatoms. The topological polar surface area (TPSA) is 119 Å². The van der Waals surface area contributed by atoms with Crippen LogP contribution in [0.4, 0.5) is 0 Å². The Morgan fingerprint density at radius 3 is 2.58 bits per heavy atom. The first-order valence-corrected chi connectivity index (χ1v) is 5.31. The number of nitriles is 1. The molecular weight excluding hydrogens is 248 g/mol. The number of ether oxygens (including phenoxy) is 1. The van der Waals surface area contributed by atoms with Crippen molar-refractivity contribution in [2.24, 2.45) is 5.73 Å². The molecule has 1 aromatic rings. The van der Waals surface area contributed by atoms with Gasteiger partial charge in [0.05, 0.1) is 11.9 Å². The Morgan fingerprint density at radius 1 is 1.42 bits per heavy atom. The number of esters is 1. The summed E-state index contributed by atoms with van der Waals surface area (Å²) >= 11 is 0. The van der Waals surface area contributed by atoms with Gasteiger partial charge in [-0.2, -0.15) is 5.26 Å². The second-order valence-corrected chi connectivity index (χ2v) is 3.71. The lowest BCUT2D eigenvalue weighted by Crippen LogP contribution is -2.18. The predicted molar refractivity (Wildman–Crippen MR) is 64.6 cm³/mol. The second kappa shape index (κ2) is 6.26. The zero-order chi connectivity index (χ0) is 14.4. The molecule has 0 fully saturated rings. The SMILES string of the molecule is C/C(N)=C(/C#N)C(=O)COC(=O)c1cnc(C)cn1. The monoisotopic (exact) mass is 260 g/mol. The van der Waals surface area contributed by atoms with Gasteiger partial charge in [0.15, 0.2) is 12.3 Å². The molecule has 0 atom stereocenters. The molecule has 0 aliphatic rings. The molecule has 1 aromatic heterocycles. The average molecular weight is 260 g/mol. The molecule has 0 aliphatic heterocycles. The van der Waals surface area contributed by atoms with E-state index in [-0.39, 0.29) is 17.0 Å². The number of Topliss-reactive ketones (excluding diaryl/α,β-unsaturated/α-hetero) is 1. The first-order chi connectivity index (χ1) is 8.95. The van der Waals surface area contributed by atoms with Crippen molar-refractivity contribution in [2.45, 2.75) is 13.8 Å². The van der Waals surface area contributed by atoms with Crippen LogP contribution in [0.15, 0.2) is 23.7 Å². The van der Waals surface area contributed by atoms with Crippen molar-refractivity contribution >= 4 is 11.8 Å². The third-order valence-corrected chi connectivity index (χ3v) is 2.11. The minimum atomic E-state index is -0.784. The van der Waals surface area contributed by atoms with Gasteiger partial charge in [-0.05, 0) is 13.8 Å². The van der Waals surface area contributed by atoms with Gasteiger partial charge in [-0.1, -0.05) is 0 Å². The predicted octanol–water partition coefficient (Wildman–Crippen LogP) is 0.267. The fourth-order valence-corrected chi connectivity index (χ4v) is 1.15. The van der Waals surface area contributed by atoms with Crippen molar-refractivity contribution in [1.29, 1.82) is 5.26 Å². The molecule has 0 aromatic carbocycles. The molecule has 19 heavy (non-hydrogen) atoms. The van der Waals surface area contributed by atoms with E-state index in [0.29, 0.717) is 5.69 Å². The Hall–Kier alpha value is -2.75. The smallest absolute Gasteiger partial charge is 0.358 e. The highest BCUT2D eigenvalue weighted by atomic mass is 16.5. The number of hydrogen-bond donors (Lipinski definition) is 1. The molecule has 0 radical (unpaired) electrons. The van der Waals surface area contributed by atoms with Crippen molar-refractivity contribution in [1.82, 2.24) is 9.97 Å². The Balaban J connectivity index is 2.66. The van der Waals surface area contributed by atoms with Crippen LogP contribution in [0, 0.1) is 18.3 Å². The molecule has 1 heterocycles. The van der Waals surface area contributed by atoms with Gasteiger partial charge < -0.3 is 10.5 Å². The number of rotatable bonds is 4. The minimum absolute atomic E-state index is 0.00893. The Kier molecular flexibility index (Phi) is 4.71. The van der Waals surface area contributed by atoms with Crippen molar-refractivity contribution in [3.8, 4) is 6.07 Å². The lowest BCUT2D eigenvalue weighted by atomic mass is 10.1. The molecule has 1 rings (SSSR count). The Bertz CT molecular complexity index is 566. The third kappa shape index (κ3) is 3.89. The molecule has 98 valence electrons. The van der Waals surface area contributed by atoms with Gasteiger partial charge in [-0.25, -0.2) is 9.78 Å². The van der Waals surface area contributed by atoms with E-state index >= 15 is 0 Å². The summed E-state index contributed by atoms with van der Waals surface area (Å²) in [5, 5.41) is 8.71. The average Bonchev–Trinajstić information content (AvgIpc) is 2.37. The van der Waals surface area contributed by atoms with Crippen LogP contribution in [0.1, 0.15) is 23.1 Å². The van der Waals surface area contributed by atoms with Crippen LogP contribution in [0.5, 0.6) is 0 Å². The highest BCUT2D eigenvalue weighted by Gasteiger charge is 2.16. The number of carbonyl (C=O) groups excluding carboxylic acids is 2. The number of allylic oxidation sites excluding steroid dienone is 1.